The Labute approximate surface area is 132 Å². The van der Waals surface area contributed by atoms with E-state index in [0.717, 1.165) is 10.5 Å². The Hall–Kier alpha value is -1.76. The molecule has 2 aliphatic rings. The van der Waals surface area contributed by atoms with Crippen LogP contribution in [-0.2, 0) is 11.3 Å². The van der Waals surface area contributed by atoms with E-state index in [4.69, 9.17) is 0 Å². The number of hydrogen-bond acceptors (Lipinski definition) is 3. The summed E-state index contributed by atoms with van der Waals surface area (Å²) in [5, 5.41) is 13.3. The van der Waals surface area contributed by atoms with Crippen LogP contribution in [0.3, 0.4) is 0 Å². The summed E-state index contributed by atoms with van der Waals surface area (Å²) < 4.78 is 40.2. The predicted octanol–water partition coefficient (Wildman–Crippen LogP) is 2.88. The lowest BCUT2D eigenvalue weighted by molar-refractivity contribution is -0.249. The molecule has 1 aromatic rings. The lowest BCUT2D eigenvalue weighted by Gasteiger charge is -2.51. The van der Waals surface area contributed by atoms with E-state index in [1.54, 1.807) is 45.0 Å². The summed E-state index contributed by atoms with van der Waals surface area (Å²) in [7, 11) is 0. The number of anilines is 1. The van der Waals surface area contributed by atoms with Crippen LogP contribution in [0, 0.1) is 5.41 Å². The minimum Gasteiger partial charge on any atom is -0.372 e. The van der Waals surface area contributed by atoms with Gasteiger partial charge in [-0.25, -0.2) is 0 Å². The van der Waals surface area contributed by atoms with Crippen molar-refractivity contribution in [3.05, 3.63) is 29.8 Å². The molecule has 0 saturated carbocycles. The Kier molecular flexibility index (Phi) is 3.09. The molecule has 0 spiro atoms. The fraction of sp³-hybridized carbons (Fsp3) is 0.562. The largest absolute Gasteiger partial charge is 0.426 e. The van der Waals surface area contributed by atoms with Crippen molar-refractivity contribution in [1.29, 1.82) is 0 Å². The Balaban J connectivity index is 2.18. The topological polar surface area (TPSA) is 52.6 Å². The number of halogens is 3. The normalized spacial score (nSPS) is 30.7. The third-order valence-electron chi connectivity index (χ3n) is 4.97. The fourth-order valence-electron chi connectivity index (χ4n) is 3.51. The molecule has 0 aliphatic carbocycles. The smallest absolute Gasteiger partial charge is 0.372 e. The quantitative estimate of drug-likeness (QED) is 0.770. The summed E-state index contributed by atoms with van der Waals surface area (Å²) in [5.74, 6) is -1.29. The zero-order valence-electron chi connectivity index (χ0n) is 13.2. The number of aliphatic hydroxyl groups is 1. The molecule has 1 saturated heterocycles. The van der Waals surface area contributed by atoms with Gasteiger partial charge in [0.05, 0.1) is 6.54 Å². The van der Waals surface area contributed by atoms with E-state index in [-0.39, 0.29) is 6.54 Å². The maximum absolute atomic E-state index is 13.4. The fourth-order valence-corrected chi connectivity index (χ4v) is 3.51. The standard InChI is InChI=1S/C16H19F3N2O2/c1-13(2,3)15-9-14(23,16(17,18)19)12(22)21(15)8-10-6-4-5-7-11(10)20-15/h4-7,20,23H,8-9H2,1-3H3/t14-,15+/m1/s1. The van der Waals surface area contributed by atoms with Gasteiger partial charge in [0.15, 0.2) is 0 Å². The number of benzene rings is 1. The zero-order valence-corrected chi connectivity index (χ0v) is 13.2. The highest BCUT2D eigenvalue weighted by molar-refractivity contribution is 5.91. The number of rotatable bonds is 0. The van der Waals surface area contributed by atoms with Gasteiger partial charge in [0.25, 0.3) is 5.91 Å². The minimum atomic E-state index is -5.02. The van der Waals surface area contributed by atoms with Crippen LogP contribution in [0.15, 0.2) is 24.3 Å². The highest BCUT2D eigenvalue weighted by Crippen LogP contribution is 2.55. The Morgan fingerprint density at radius 2 is 1.83 bits per heavy atom. The van der Waals surface area contributed by atoms with Crippen LogP contribution < -0.4 is 5.32 Å². The van der Waals surface area contributed by atoms with Crippen molar-refractivity contribution in [2.75, 3.05) is 5.32 Å². The SMILES string of the molecule is CC(C)(C)[C@]12C[C@](O)(C(F)(F)F)C(=O)N1Cc1ccccc1N2. The van der Waals surface area contributed by atoms with Gasteiger partial charge in [-0.15, -0.1) is 0 Å². The number of alkyl halides is 3. The van der Waals surface area contributed by atoms with Crippen molar-refractivity contribution >= 4 is 11.6 Å². The van der Waals surface area contributed by atoms with Crippen molar-refractivity contribution in [2.24, 2.45) is 5.41 Å². The summed E-state index contributed by atoms with van der Waals surface area (Å²) in [6.45, 7) is 5.32. The molecule has 0 aromatic heterocycles. The average molecular weight is 328 g/mol. The molecule has 0 bridgehead atoms. The first-order valence-corrected chi connectivity index (χ1v) is 7.40. The van der Waals surface area contributed by atoms with Gasteiger partial charge in [0.2, 0.25) is 5.60 Å². The first-order chi connectivity index (χ1) is 10.4. The Bertz CT molecular complexity index is 668. The summed E-state index contributed by atoms with van der Waals surface area (Å²) in [6, 6.07) is 7.08. The third kappa shape index (κ3) is 1.99. The van der Waals surface area contributed by atoms with Crippen LogP contribution in [-0.4, -0.2) is 33.4 Å². The van der Waals surface area contributed by atoms with Gasteiger partial charge in [-0.2, -0.15) is 13.2 Å². The van der Waals surface area contributed by atoms with Crippen molar-refractivity contribution in [2.45, 2.75) is 51.2 Å². The van der Waals surface area contributed by atoms with Gasteiger partial charge in [0, 0.05) is 17.5 Å². The molecule has 0 radical (unpaired) electrons. The number of nitrogens with one attached hydrogen (secondary N) is 1. The van der Waals surface area contributed by atoms with E-state index >= 15 is 0 Å². The molecule has 3 rings (SSSR count). The summed E-state index contributed by atoms with van der Waals surface area (Å²) in [4.78, 5) is 13.6. The van der Waals surface area contributed by atoms with Gasteiger partial charge >= 0.3 is 6.18 Å². The first-order valence-electron chi connectivity index (χ1n) is 7.40. The molecule has 2 heterocycles. The molecule has 23 heavy (non-hydrogen) atoms. The van der Waals surface area contributed by atoms with E-state index in [0.29, 0.717) is 5.69 Å². The number of carbonyl (C=O) groups is 1. The van der Waals surface area contributed by atoms with E-state index in [2.05, 4.69) is 5.32 Å². The molecule has 2 atom stereocenters. The van der Waals surface area contributed by atoms with E-state index < -0.39 is 35.2 Å². The molecule has 0 unspecified atom stereocenters. The van der Waals surface area contributed by atoms with Crippen molar-refractivity contribution in [1.82, 2.24) is 4.90 Å². The maximum Gasteiger partial charge on any atom is 0.426 e. The Morgan fingerprint density at radius 1 is 1.22 bits per heavy atom. The van der Waals surface area contributed by atoms with Crippen LogP contribution in [0.2, 0.25) is 0 Å². The van der Waals surface area contributed by atoms with Crippen LogP contribution in [0.1, 0.15) is 32.8 Å². The molecule has 7 heteroatoms. The second-order valence-corrected chi connectivity index (χ2v) is 7.32. The minimum absolute atomic E-state index is 0.0394. The van der Waals surface area contributed by atoms with Gasteiger partial charge in [-0.1, -0.05) is 39.0 Å². The first kappa shape index (κ1) is 16.1. The third-order valence-corrected chi connectivity index (χ3v) is 4.97. The molecule has 2 N–H and O–H groups in total. The summed E-state index contributed by atoms with van der Waals surface area (Å²) in [6.07, 6.45) is -5.76. The molecule has 126 valence electrons. The van der Waals surface area contributed by atoms with Gasteiger partial charge in [-0.05, 0) is 11.6 Å². The second kappa shape index (κ2) is 4.41. The lowest BCUT2D eigenvalue weighted by Crippen LogP contribution is -2.61. The molecule has 1 amide bonds. The molecular weight excluding hydrogens is 309 g/mol. The molecule has 2 aliphatic heterocycles. The molecule has 4 nitrogen and oxygen atoms in total. The Morgan fingerprint density at radius 3 is 2.39 bits per heavy atom. The van der Waals surface area contributed by atoms with Crippen LogP contribution in [0.25, 0.3) is 0 Å². The van der Waals surface area contributed by atoms with Crippen molar-refractivity contribution in [3.63, 3.8) is 0 Å². The number of para-hydroxylation sites is 1. The molecule has 1 aromatic carbocycles. The maximum atomic E-state index is 13.4. The van der Waals surface area contributed by atoms with Gasteiger partial charge < -0.3 is 15.3 Å². The van der Waals surface area contributed by atoms with Crippen LogP contribution in [0.5, 0.6) is 0 Å². The van der Waals surface area contributed by atoms with Crippen molar-refractivity contribution in [3.8, 4) is 0 Å². The lowest BCUT2D eigenvalue weighted by atomic mass is 9.75. The van der Waals surface area contributed by atoms with Gasteiger partial charge in [0.1, 0.15) is 5.66 Å². The average Bonchev–Trinajstić information content (AvgIpc) is 2.66. The monoisotopic (exact) mass is 328 g/mol. The molecular formula is C16H19F3N2O2. The molecule has 1 fully saturated rings. The van der Waals surface area contributed by atoms with Crippen LogP contribution in [0.4, 0.5) is 18.9 Å². The number of hydrogen-bond donors (Lipinski definition) is 2. The zero-order chi connectivity index (χ0) is 17.3. The van der Waals surface area contributed by atoms with E-state index in [9.17, 15) is 23.1 Å². The van der Waals surface area contributed by atoms with Crippen LogP contribution >= 0.6 is 0 Å². The highest BCUT2D eigenvalue weighted by Gasteiger charge is 2.73. The number of carbonyl (C=O) groups excluding carboxylic acids is 1. The number of fused-ring (bicyclic) bond motifs is 2. The predicted molar refractivity (Wildman–Crippen MR) is 78.4 cm³/mol. The second-order valence-electron chi connectivity index (χ2n) is 7.32. The number of amides is 1. The highest BCUT2D eigenvalue weighted by atomic mass is 19.4. The van der Waals surface area contributed by atoms with E-state index in [1.807, 2.05) is 0 Å². The van der Waals surface area contributed by atoms with E-state index in [1.165, 1.54) is 0 Å². The van der Waals surface area contributed by atoms with Gasteiger partial charge in [-0.3, -0.25) is 4.79 Å². The number of nitrogens with zero attached hydrogens (tertiary/aromatic N) is 1. The summed E-state index contributed by atoms with van der Waals surface area (Å²) >= 11 is 0. The van der Waals surface area contributed by atoms with Crippen molar-refractivity contribution < 1.29 is 23.1 Å². The summed E-state index contributed by atoms with van der Waals surface area (Å²) in [5.41, 5.74) is -3.96.